The highest BCUT2D eigenvalue weighted by molar-refractivity contribution is 9.10. The van der Waals surface area contributed by atoms with E-state index < -0.39 is 0 Å². The molecule has 0 saturated carbocycles. The molecule has 2 heterocycles. The van der Waals surface area contributed by atoms with E-state index in [-0.39, 0.29) is 0 Å². The zero-order valence-electron chi connectivity index (χ0n) is 9.70. The molecule has 0 bridgehead atoms. The van der Waals surface area contributed by atoms with Crippen molar-refractivity contribution >= 4 is 33.3 Å². The van der Waals surface area contributed by atoms with E-state index in [0.717, 1.165) is 42.8 Å². The molecule has 0 radical (unpaired) electrons. The van der Waals surface area contributed by atoms with Crippen molar-refractivity contribution in [1.29, 1.82) is 0 Å². The van der Waals surface area contributed by atoms with Gasteiger partial charge < -0.3 is 9.64 Å². The van der Waals surface area contributed by atoms with Crippen molar-refractivity contribution in [3.63, 3.8) is 0 Å². The predicted octanol–water partition coefficient (Wildman–Crippen LogP) is 2.76. The zero-order valence-corrected chi connectivity index (χ0v) is 12.0. The Morgan fingerprint density at radius 2 is 2.24 bits per heavy atom. The van der Waals surface area contributed by atoms with Gasteiger partial charge in [-0.15, -0.1) is 0 Å². The van der Waals surface area contributed by atoms with E-state index in [0.29, 0.717) is 11.2 Å². The van der Waals surface area contributed by atoms with Gasteiger partial charge in [-0.05, 0) is 46.3 Å². The van der Waals surface area contributed by atoms with Crippen molar-refractivity contribution in [2.75, 3.05) is 31.7 Å². The molecular weight excluding hydrogens is 305 g/mol. The SMILES string of the molecule is COCC1CCN(c2nc(Cl)ncc2Br)CC1. The second kappa shape index (κ2) is 5.98. The minimum Gasteiger partial charge on any atom is -0.384 e. The summed E-state index contributed by atoms with van der Waals surface area (Å²) in [6.07, 6.45) is 3.95. The fourth-order valence-electron chi connectivity index (χ4n) is 2.11. The van der Waals surface area contributed by atoms with Crippen LogP contribution in [0, 0.1) is 5.92 Å². The molecule has 4 nitrogen and oxygen atoms in total. The number of hydrogen-bond acceptors (Lipinski definition) is 4. The molecule has 0 unspecified atom stereocenters. The predicted molar refractivity (Wildman–Crippen MR) is 71.6 cm³/mol. The molecule has 1 aliphatic rings. The topological polar surface area (TPSA) is 38.2 Å². The quantitative estimate of drug-likeness (QED) is 0.803. The summed E-state index contributed by atoms with van der Waals surface area (Å²) in [6.45, 7) is 2.82. The smallest absolute Gasteiger partial charge is 0.224 e. The van der Waals surface area contributed by atoms with E-state index in [1.807, 2.05) is 0 Å². The van der Waals surface area contributed by atoms with E-state index >= 15 is 0 Å². The normalized spacial score (nSPS) is 17.5. The van der Waals surface area contributed by atoms with Crippen LogP contribution in [-0.4, -0.2) is 36.8 Å². The minimum absolute atomic E-state index is 0.294. The average Bonchev–Trinajstić information content (AvgIpc) is 2.34. The molecule has 1 fully saturated rings. The van der Waals surface area contributed by atoms with Gasteiger partial charge in [-0.3, -0.25) is 0 Å². The van der Waals surface area contributed by atoms with Crippen LogP contribution in [0.3, 0.4) is 0 Å². The Bertz CT molecular complexity index is 383. The highest BCUT2D eigenvalue weighted by Crippen LogP contribution is 2.28. The van der Waals surface area contributed by atoms with E-state index in [1.54, 1.807) is 13.3 Å². The summed E-state index contributed by atoms with van der Waals surface area (Å²) >= 11 is 9.29. The van der Waals surface area contributed by atoms with Crippen LogP contribution in [0.1, 0.15) is 12.8 Å². The molecule has 0 N–H and O–H groups in total. The lowest BCUT2D eigenvalue weighted by Crippen LogP contribution is -2.35. The van der Waals surface area contributed by atoms with Gasteiger partial charge in [0.1, 0.15) is 5.82 Å². The van der Waals surface area contributed by atoms with Gasteiger partial charge in [0.15, 0.2) is 0 Å². The zero-order chi connectivity index (χ0) is 12.3. The van der Waals surface area contributed by atoms with Crippen LogP contribution in [0.5, 0.6) is 0 Å². The van der Waals surface area contributed by atoms with Crippen LogP contribution in [0.4, 0.5) is 5.82 Å². The Kier molecular flexibility index (Phi) is 4.59. The Balaban J connectivity index is 2.02. The van der Waals surface area contributed by atoms with Crippen molar-refractivity contribution in [2.45, 2.75) is 12.8 Å². The van der Waals surface area contributed by atoms with Crippen LogP contribution in [0.2, 0.25) is 5.28 Å². The molecule has 0 atom stereocenters. The maximum atomic E-state index is 5.82. The Morgan fingerprint density at radius 1 is 1.53 bits per heavy atom. The molecule has 0 amide bonds. The Hall–Kier alpha value is -0.390. The maximum Gasteiger partial charge on any atom is 0.224 e. The van der Waals surface area contributed by atoms with Gasteiger partial charge in [-0.25, -0.2) is 4.98 Å². The summed E-state index contributed by atoms with van der Waals surface area (Å²) in [5, 5.41) is 0.294. The summed E-state index contributed by atoms with van der Waals surface area (Å²) in [4.78, 5) is 10.4. The molecule has 6 heteroatoms. The third-order valence-corrected chi connectivity index (χ3v) is 3.75. The van der Waals surface area contributed by atoms with Crippen LogP contribution < -0.4 is 4.90 Å². The molecule has 1 aromatic heterocycles. The first-order valence-corrected chi connectivity index (χ1v) is 6.79. The number of methoxy groups -OCH3 is 1. The van der Waals surface area contributed by atoms with E-state index in [1.165, 1.54) is 0 Å². The molecule has 1 saturated heterocycles. The van der Waals surface area contributed by atoms with Crippen molar-refractivity contribution in [2.24, 2.45) is 5.92 Å². The Morgan fingerprint density at radius 3 is 2.88 bits per heavy atom. The van der Waals surface area contributed by atoms with Gasteiger partial charge >= 0.3 is 0 Å². The van der Waals surface area contributed by atoms with Gasteiger partial charge in [0.2, 0.25) is 5.28 Å². The molecular formula is C11H15BrClN3O. The first-order valence-electron chi connectivity index (χ1n) is 5.62. The van der Waals surface area contributed by atoms with Crippen LogP contribution in [0.25, 0.3) is 0 Å². The van der Waals surface area contributed by atoms with Crippen molar-refractivity contribution in [1.82, 2.24) is 9.97 Å². The second-order valence-electron chi connectivity index (χ2n) is 4.20. The molecule has 94 valence electrons. The van der Waals surface area contributed by atoms with Crippen molar-refractivity contribution < 1.29 is 4.74 Å². The molecule has 2 rings (SSSR count). The number of nitrogens with zero attached hydrogens (tertiary/aromatic N) is 3. The number of halogens is 2. The van der Waals surface area contributed by atoms with Crippen LogP contribution in [-0.2, 0) is 4.74 Å². The molecule has 1 aromatic rings. The number of rotatable bonds is 3. The lowest BCUT2D eigenvalue weighted by Gasteiger charge is -2.32. The lowest BCUT2D eigenvalue weighted by atomic mass is 9.98. The van der Waals surface area contributed by atoms with Gasteiger partial charge in [-0.2, -0.15) is 4.98 Å². The fourth-order valence-corrected chi connectivity index (χ4v) is 2.68. The van der Waals surface area contributed by atoms with E-state index in [4.69, 9.17) is 16.3 Å². The van der Waals surface area contributed by atoms with E-state index in [9.17, 15) is 0 Å². The van der Waals surface area contributed by atoms with Gasteiger partial charge in [0, 0.05) is 33.0 Å². The first kappa shape index (κ1) is 13.1. The number of piperidine rings is 1. The summed E-state index contributed by atoms with van der Waals surface area (Å²) in [5.74, 6) is 1.55. The Labute approximate surface area is 114 Å². The maximum absolute atomic E-state index is 5.82. The van der Waals surface area contributed by atoms with Gasteiger partial charge in [0.25, 0.3) is 0 Å². The molecule has 0 aromatic carbocycles. The van der Waals surface area contributed by atoms with Gasteiger partial charge in [0.05, 0.1) is 4.47 Å². The second-order valence-corrected chi connectivity index (χ2v) is 5.39. The highest BCUT2D eigenvalue weighted by Gasteiger charge is 2.21. The summed E-state index contributed by atoms with van der Waals surface area (Å²) in [7, 11) is 1.76. The number of aromatic nitrogens is 2. The standard InChI is InChI=1S/C11H15BrClN3O/c1-17-7-8-2-4-16(5-3-8)10-9(12)6-14-11(13)15-10/h6,8H,2-5,7H2,1H3. The summed E-state index contributed by atoms with van der Waals surface area (Å²) < 4.78 is 6.09. The highest BCUT2D eigenvalue weighted by atomic mass is 79.9. The monoisotopic (exact) mass is 319 g/mol. The molecule has 17 heavy (non-hydrogen) atoms. The fraction of sp³-hybridized carbons (Fsp3) is 0.636. The summed E-state index contributed by atoms with van der Waals surface area (Å²) in [6, 6.07) is 0. The lowest BCUT2D eigenvalue weighted by molar-refractivity contribution is 0.139. The largest absolute Gasteiger partial charge is 0.384 e. The molecule has 0 spiro atoms. The van der Waals surface area contributed by atoms with E-state index in [2.05, 4.69) is 30.8 Å². The van der Waals surface area contributed by atoms with Crippen molar-refractivity contribution in [3.05, 3.63) is 16.0 Å². The summed E-state index contributed by atoms with van der Waals surface area (Å²) in [5.41, 5.74) is 0. The third-order valence-electron chi connectivity index (χ3n) is 3.01. The number of hydrogen-bond donors (Lipinski definition) is 0. The van der Waals surface area contributed by atoms with Crippen LogP contribution in [0.15, 0.2) is 10.7 Å². The first-order chi connectivity index (χ1) is 8.20. The number of ether oxygens (including phenoxy) is 1. The van der Waals surface area contributed by atoms with Crippen LogP contribution >= 0.6 is 27.5 Å². The molecule has 1 aliphatic heterocycles. The minimum atomic E-state index is 0.294. The third kappa shape index (κ3) is 3.30. The average molecular weight is 321 g/mol. The number of anilines is 1. The van der Waals surface area contributed by atoms with Gasteiger partial charge in [-0.1, -0.05) is 0 Å². The molecule has 0 aliphatic carbocycles. The van der Waals surface area contributed by atoms with Crippen molar-refractivity contribution in [3.8, 4) is 0 Å².